The van der Waals surface area contributed by atoms with Gasteiger partial charge in [-0.05, 0) is 7.05 Å². The first-order valence-electron chi connectivity index (χ1n) is 16.0. The summed E-state index contributed by atoms with van der Waals surface area (Å²) in [5.74, 6) is -0.863. The van der Waals surface area contributed by atoms with Gasteiger partial charge in [-0.1, -0.05) is 0 Å². The highest BCUT2D eigenvalue weighted by Crippen LogP contribution is 2.23. The number of ether oxygens (including phenoxy) is 8. The van der Waals surface area contributed by atoms with Crippen LogP contribution in [0.5, 0.6) is 0 Å². The van der Waals surface area contributed by atoms with Gasteiger partial charge in [0.1, 0.15) is 48.7 Å². The maximum absolute atomic E-state index is 11.5. The second-order valence-electron chi connectivity index (χ2n) is 11.4. The summed E-state index contributed by atoms with van der Waals surface area (Å²) in [4.78, 5) is 25.0. The van der Waals surface area contributed by atoms with Gasteiger partial charge in [0.25, 0.3) is 0 Å². The fraction of sp³-hybridized carbons (Fsp3) is 0.931. The number of hydrogen-bond acceptors (Lipinski definition) is 17. The zero-order valence-electron chi connectivity index (χ0n) is 27.9. The average molecular weight is 702 g/mol. The first-order chi connectivity index (χ1) is 23.0. The minimum atomic E-state index is -1.38. The van der Waals surface area contributed by atoms with Crippen molar-refractivity contribution in [1.29, 1.82) is 0 Å². The van der Waals surface area contributed by atoms with Gasteiger partial charge >= 0.3 is 0 Å². The molecule has 48 heavy (non-hydrogen) atoms. The van der Waals surface area contributed by atoms with Crippen LogP contribution in [0, 0.1) is 0 Å². The summed E-state index contributed by atoms with van der Waals surface area (Å²) < 4.78 is 44.3. The van der Waals surface area contributed by atoms with E-state index in [4.69, 9.17) is 37.9 Å². The lowest BCUT2D eigenvalue weighted by molar-refractivity contribution is -0.272. The van der Waals surface area contributed by atoms with Crippen molar-refractivity contribution in [3.05, 3.63) is 0 Å². The number of carbonyl (C=O) groups is 2. The molecular weight excluding hydrogens is 646 g/mol. The van der Waals surface area contributed by atoms with E-state index in [-0.39, 0.29) is 26.4 Å². The molecule has 0 aliphatic carbocycles. The Morgan fingerprint density at radius 1 is 0.583 bits per heavy atom. The first-order valence-corrected chi connectivity index (χ1v) is 16.0. The van der Waals surface area contributed by atoms with E-state index in [1.807, 2.05) is 11.9 Å². The molecule has 19 heteroatoms. The third-order valence-corrected chi connectivity index (χ3v) is 7.50. The molecule has 0 aromatic carbocycles. The third kappa shape index (κ3) is 15.1. The molecule has 2 amide bonds. The Morgan fingerprint density at radius 3 is 1.25 bits per heavy atom. The first kappa shape index (κ1) is 42.5. The van der Waals surface area contributed by atoms with Crippen LogP contribution < -0.4 is 10.6 Å². The minimum absolute atomic E-state index is 0.0850. The third-order valence-electron chi connectivity index (χ3n) is 7.50. The highest BCUT2D eigenvalue weighted by molar-refractivity contribution is 5.73. The second kappa shape index (κ2) is 23.7. The quantitative estimate of drug-likeness (QED) is 0.0438. The van der Waals surface area contributed by atoms with Crippen LogP contribution in [0.25, 0.3) is 0 Å². The van der Waals surface area contributed by atoms with Crippen LogP contribution in [0.15, 0.2) is 0 Å². The maximum atomic E-state index is 11.5. The molecule has 19 nitrogen and oxygen atoms in total. The Kier molecular flexibility index (Phi) is 21.0. The summed E-state index contributed by atoms with van der Waals surface area (Å²) in [7, 11) is 1.94. The number of rotatable bonds is 24. The molecule has 2 aliphatic rings. The lowest BCUT2D eigenvalue weighted by Crippen LogP contribution is -2.64. The molecule has 2 rings (SSSR count). The predicted molar refractivity (Wildman–Crippen MR) is 163 cm³/mol. The van der Waals surface area contributed by atoms with E-state index in [9.17, 15) is 40.2 Å². The standard InChI is InChI=1S/C29H55N3O16/c1-18(35)30-22-26(39)24(37)20(16-33)47-28(22)45-14-12-43-10-8-41-6-4-32(3)5-7-42-9-11-44-13-15-46-29-23(31-19(2)36)27(40)25(38)21(17-34)48-29/h20-29,33-34,37-40H,4-17H2,1-3H3,(H,30,35)(H,31,36)/t20?,21?,22-,23-,24-,25-,26+,27+,28?,29?/m0/s1. The van der Waals surface area contributed by atoms with Crippen molar-refractivity contribution in [3.8, 4) is 0 Å². The van der Waals surface area contributed by atoms with Gasteiger partial charge in [0.15, 0.2) is 12.6 Å². The van der Waals surface area contributed by atoms with Crippen LogP contribution in [0.3, 0.4) is 0 Å². The summed E-state index contributed by atoms with van der Waals surface area (Å²) >= 11 is 0. The largest absolute Gasteiger partial charge is 0.394 e. The van der Waals surface area contributed by atoms with E-state index >= 15 is 0 Å². The molecule has 2 heterocycles. The molecule has 0 radical (unpaired) electrons. The Morgan fingerprint density at radius 2 is 0.917 bits per heavy atom. The molecule has 0 bridgehead atoms. The summed E-state index contributed by atoms with van der Waals surface area (Å²) in [6.45, 7) is 5.73. The van der Waals surface area contributed by atoms with Gasteiger partial charge in [0, 0.05) is 26.9 Å². The van der Waals surface area contributed by atoms with Crippen molar-refractivity contribution in [2.45, 2.75) is 75.1 Å². The molecule has 0 spiro atoms. The summed E-state index contributed by atoms with van der Waals surface area (Å²) in [5.41, 5.74) is 0. The SMILES string of the molecule is CC(=O)N[C@@H]1C(OCCOCCOCCN(C)CCOCCOCCOC2OC(CO)[C@H](O)[C@H](O)[C@@H]2NC(C)=O)OC(CO)[C@H](O)[C@@H]1O. The van der Waals surface area contributed by atoms with Crippen LogP contribution in [0.1, 0.15) is 13.8 Å². The zero-order chi connectivity index (χ0) is 35.5. The van der Waals surface area contributed by atoms with Gasteiger partial charge in [-0.2, -0.15) is 0 Å². The predicted octanol–water partition coefficient (Wildman–Crippen LogP) is -5.09. The van der Waals surface area contributed by atoms with Crippen LogP contribution >= 0.6 is 0 Å². The van der Waals surface area contributed by atoms with Gasteiger partial charge in [-0.3, -0.25) is 9.59 Å². The number of nitrogens with zero attached hydrogens (tertiary/aromatic N) is 1. The Balaban J connectivity index is 1.44. The van der Waals surface area contributed by atoms with Gasteiger partial charge < -0.3 is 84.1 Å². The van der Waals surface area contributed by atoms with Crippen LogP contribution in [-0.4, -0.2) is 208 Å². The number of likely N-dealkylation sites (N-methyl/N-ethyl adjacent to an activating group) is 1. The number of amides is 2. The summed E-state index contributed by atoms with van der Waals surface area (Å²) in [6.07, 6.45) is -9.73. The fourth-order valence-corrected chi connectivity index (χ4v) is 4.87. The van der Waals surface area contributed by atoms with Crippen LogP contribution in [-0.2, 0) is 47.5 Å². The molecule has 8 N–H and O–H groups in total. The van der Waals surface area contributed by atoms with Crippen molar-refractivity contribution < 1.29 is 78.1 Å². The summed E-state index contributed by atoms with van der Waals surface area (Å²) in [6, 6.07) is -2.01. The van der Waals surface area contributed by atoms with E-state index in [0.29, 0.717) is 52.7 Å². The second-order valence-corrected chi connectivity index (χ2v) is 11.4. The van der Waals surface area contributed by atoms with Gasteiger partial charge in [-0.25, -0.2) is 0 Å². The molecule has 0 aromatic rings. The van der Waals surface area contributed by atoms with Crippen molar-refractivity contribution in [2.75, 3.05) is 99.4 Å². The molecule has 282 valence electrons. The lowest BCUT2D eigenvalue weighted by Gasteiger charge is -2.42. The Bertz CT molecular complexity index is 825. The van der Waals surface area contributed by atoms with E-state index in [0.717, 1.165) is 0 Å². The number of aliphatic hydroxyl groups is 6. The maximum Gasteiger partial charge on any atom is 0.217 e. The highest BCUT2D eigenvalue weighted by atomic mass is 16.7. The van der Waals surface area contributed by atoms with Gasteiger partial charge in [0.2, 0.25) is 11.8 Å². The number of hydrogen-bond donors (Lipinski definition) is 8. The monoisotopic (exact) mass is 701 g/mol. The van der Waals surface area contributed by atoms with Gasteiger partial charge in [0.05, 0.1) is 79.3 Å². The molecule has 4 unspecified atom stereocenters. The average Bonchev–Trinajstić information content (AvgIpc) is 3.05. The molecule has 0 aromatic heterocycles. The van der Waals surface area contributed by atoms with E-state index in [2.05, 4.69) is 10.6 Å². The van der Waals surface area contributed by atoms with Crippen molar-refractivity contribution in [3.63, 3.8) is 0 Å². The molecular formula is C29H55N3O16. The number of aliphatic hydroxyl groups excluding tert-OH is 6. The number of carbonyl (C=O) groups excluding carboxylic acids is 2. The smallest absolute Gasteiger partial charge is 0.217 e. The minimum Gasteiger partial charge on any atom is -0.394 e. The summed E-state index contributed by atoms with van der Waals surface area (Å²) in [5, 5.41) is 64.3. The van der Waals surface area contributed by atoms with Crippen molar-refractivity contribution in [1.82, 2.24) is 15.5 Å². The molecule has 10 atom stereocenters. The topological polar surface area (TPSA) is 257 Å². The highest BCUT2D eigenvalue weighted by Gasteiger charge is 2.46. The Labute approximate surface area is 280 Å². The lowest BCUT2D eigenvalue weighted by atomic mass is 9.97. The van der Waals surface area contributed by atoms with Crippen molar-refractivity contribution >= 4 is 11.8 Å². The fourth-order valence-electron chi connectivity index (χ4n) is 4.87. The number of nitrogens with one attached hydrogen (secondary N) is 2. The molecule has 0 saturated carbocycles. The van der Waals surface area contributed by atoms with E-state index in [1.165, 1.54) is 13.8 Å². The van der Waals surface area contributed by atoms with Crippen LogP contribution in [0.4, 0.5) is 0 Å². The molecule has 2 saturated heterocycles. The normalized spacial score (nSPS) is 30.8. The van der Waals surface area contributed by atoms with E-state index < -0.39 is 86.3 Å². The zero-order valence-corrected chi connectivity index (χ0v) is 27.9. The van der Waals surface area contributed by atoms with E-state index in [1.54, 1.807) is 0 Å². The van der Waals surface area contributed by atoms with Gasteiger partial charge in [-0.15, -0.1) is 0 Å². The Hall–Kier alpha value is -1.66. The van der Waals surface area contributed by atoms with Crippen molar-refractivity contribution in [2.24, 2.45) is 0 Å². The van der Waals surface area contributed by atoms with Crippen LogP contribution in [0.2, 0.25) is 0 Å². The molecule has 2 fully saturated rings. The molecule has 2 aliphatic heterocycles.